The summed E-state index contributed by atoms with van der Waals surface area (Å²) < 4.78 is 4.22. The molecule has 0 saturated heterocycles. The largest absolute Gasteiger partial charge is 0.417 e. The van der Waals surface area contributed by atoms with E-state index in [9.17, 15) is 4.79 Å². The second-order valence-corrected chi connectivity index (χ2v) is 4.82. The van der Waals surface area contributed by atoms with Crippen LogP contribution in [0.1, 0.15) is 71.1 Å². The molecule has 0 amide bonds. The molecule has 1 aromatic rings. The summed E-state index contributed by atoms with van der Waals surface area (Å²) in [5.41, 5.74) is 5.42. The second kappa shape index (κ2) is 15.0. The van der Waals surface area contributed by atoms with Crippen molar-refractivity contribution in [2.45, 2.75) is 71.1 Å². The highest BCUT2D eigenvalue weighted by Gasteiger charge is 1.91. The molecule has 0 aliphatic carbocycles. The normalized spacial score (nSPS) is 10.0. The Morgan fingerprint density at radius 3 is 1.84 bits per heavy atom. The van der Waals surface area contributed by atoms with Gasteiger partial charge in [-0.3, -0.25) is 4.98 Å². The van der Waals surface area contributed by atoms with E-state index >= 15 is 0 Å². The molecule has 4 heteroatoms. The Morgan fingerprint density at radius 1 is 1.00 bits per heavy atom. The van der Waals surface area contributed by atoms with Crippen molar-refractivity contribution in [3.05, 3.63) is 23.0 Å². The maximum absolute atomic E-state index is 9.85. The molecule has 112 valence electrons. The topological polar surface area (TPSA) is 72.0 Å². The fraction of sp³-hybridized carbons (Fsp3) is 0.800. The number of aromatic nitrogens is 1. The van der Waals surface area contributed by atoms with Gasteiger partial charge in [-0.15, -0.1) is 0 Å². The van der Waals surface area contributed by atoms with Crippen LogP contribution < -0.4 is 11.5 Å². The first-order valence-corrected chi connectivity index (χ1v) is 7.63. The highest BCUT2D eigenvalue weighted by atomic mass is 16.4. The SMILES string of the molecule is CCCCCCCCCCCCN.O=c1[nH]cco1. The Balaban J connectivity index is 0.000000443. The first-order chi connectivity index (χ1) is 9.31. The first-order valence-electron chi connectivity index (χ1n) is 7.63. The molecule has 0 aliphatic heterocycles. The summed E-state index contributed by atoms with van der Waals surface area (Å²) in [7, 11) is 0. The Labute approximate surface area is 116 Å². The standard InChI is InChI=1S/C12H27N.C3H3NO2/c1-2-3-4-5-6-7-8-9-10-11-12-13;5-3-4-1-2-6-3/h2-13H2,1H3;1-2H,(H,4,5). The lowest BCUT2D eigenvalue weighted by Gasteiger charge is -2.00. The summed E-state index contributed by atoms with van der Waals surface area (Å²) in [6.45, 7) is 3.14. The van der Waals surface area contributed by atoms with Crippen LogP contribution in [0, 0.1) is 0 Å². The lowest BCUT2D eigenvalue weighted by Crippen LogP contribution is -1.97. The van der Waals surface area contributed by atoms with E-state index in [2.05, 4.69) is 16.3 Å². The minimum atomic E-state index is -0.407. The van der Waals surface area contributed by atoms with Crippen molar-refractivity contribution in [2.24, 2.45) is 5.73 Å². The van der Waals surface area contributed by atoms with Gasteiger partial charge in [0.2, 0.25) is 0 Å². The maximum Gasteiger partial charge on any atom is 0.416 e. The van der Waals surface area contributed by atoms with Gasteiger partial charge in [0.05, 0.1) is 0 Å². The minimum Gasteiger partial charge on any atom is -0.417 e. The molecular formula is C15H30N2O2. The zero-order valence-corrected chi connectivity index (χ0v) is 12.3. The Kier molecular flexibility index (Phi) is 14.2. The summed E-state index contributed by atoms with van der Waals surface area (Å²) in [5.74, 6) is -0.407. The van der Waals surface area contributed by atoms with Gasteiger partial charge in [-0.1, -0.05) is 64.7 Å². The van der Waals surface area contributed by atoms with Crippen molar-refractivity contribution in [1.29, 1.82) is 0 Å². The minimum absolute atomic E-state index is 0.407. The number of aromatic amines is 1. The van der Waals surface area contributed by atoms with Crippen LogP contribution >= 0.6 is 0 Å². The van der Waals surface area contributed by atoms with Gasteiger partial charge in [-0.25, -0.2) is 4.79 Å². The molecule has 4 nitrogen and oxygen atoms in total. The average Bonchev–Trinajstić information content (AvgIpc) is 2.89. The van der Waals surface area contributed by atoms with E-state index in [1.807, 2.05) is 0 Å². The number of unbranched alkanes of at least 4 members (excludes halogenated alkanes) is 9. The molecule has 0 spiro atoms. The molecule has 0 saturated carbocycles. The zero-order chi connectivity index (χ0) is 14.2. The molecular weight excluding hydrogens is 240 g/mol. The van der Waals surface area contributed by atoms with Crippen molar-refractivity contribution in [1.82, 2.24) is 4.98 Å². The van der Waals surface area contributed by atoms with Crippen LogP contribution in [-0.2, 0) is 0 Å². The molecule has 1 aromatic heterocycles. The predicted molar refractivity (Wildman–Crippen MR) is 80.2 cm³/mol. The van der Waals surface area contributed by atoms with Crippen LogP contribution in [-0.4, -0.2) is 11.5 Å². The van der Waals surface area contributed by atoms with Crippen molar-refractivity contribution >= 4 is 0 Å². The molecule has 1 heterocycles. The molecule has 3 N–H and O–H groups in total. The van der Waals surface area contributed by atoms with Crippen LogP contribution in [0.15, 0.2) is 21.7 Å². The summed E-state index contributed by atoms with van der Waals surface area (Å²) >= 11 is 0. The van der Waals surface area contributed by atoms with Crippen LogP contribution in [0.4, 0.5) is 0 Å². The highest BCUT2D eigenvalue weighted by Crippen LogP contribution is 2.09. The van der Waals surface area contributed by atoms with Crippen molar-refractivity contribution in [2.75, 3.05) is 6.54 Å². The van der Waals surface area contributed by atoms with Gasteiger partial charge in [0, 0.05) is 6.20 Å². The highest BCUT2D eigenvalue weighted by molar-refractivity contribution is 4.58. The van der Waals surface area contributed by atoms with Gasteiger partial charge >= 0.3 is 5.76 Å². The third-order valence-corrected chi connectivity index (χ3v) is 3.00. The molecule has 19 heavy (non-hydrogen) atoms. The van der Waals surface area contributed by atoms with E-state index in [0.29, 0.717) is 0 Å². The molecule has 1 rings (SSSR count). The van der Waals surface area contributed by atoms with E-state index in [1.165, 1.54) is 76.7 Å². The van der Waals surface area contributed by atoms with Crippen LogP contribution in [0.25, 0.3) is 0 Å². The van der Waals surface area contributed by atoms with Gasteiger partial charge in [-0.2, -0.15) is 0 Å². The molecule has 0 aliphatic rings. The van der Waals surface area contributed by atoms with Crippen LogP contribution in [0.2, 0.25) is 0 Å². The van der Waals surface area contributed by atoms with Gasteiger partial charge in [0.25, 0.3) is 0 Å². The molecule has 0 bridgehead atoms. The van der Waals surface area contributed by atoms with Crippen molar-refractivity contribution in [3.8, 4) is 0 Å². The Hall–Kier alpha value is -1.03. The third kappa shape index (κ3) is 14.9. The summed E-state index contributed by atoms with van der Waals surface area (Å²) in [5, 5.41) is 0. The second-order valence-electron chi connectivity index (χ2n) is 4.82. The number of hydrogen-bond donors (Lipinski definition) is 2. The molecule has 0 aromatic carbocycles. The number of nitrogens with two attached hydrogens (primary N) is 1. The maximum atomic E-state index is 9.85. The number of hydrogen-bond acceptors (Lipinski definition) is 3. The van der Waals surface area contributed by atoms with E-state index in [-0.39, 0.29) is 0 Å². The molecule has 0 unspecified atom stereocenters. The van der Waals surface area contributed by atoms with Gasteiger partial charge in [-0.05, 0) is 13.0 Å². The Morgan fingerprint density at radius 2 is 1.53 bits per heavy atom. The number of rotatable bonds is 10. The number of H-pyrrole nitrogens is 1. The summed E-state index contributed by atoms with van der Waals surface area (Å²) in [6, 6.07) is 0. The summed E-state index contributed by atoms with van der Waals surface area (Å²) in [4.78, 5) is 12.1. The lowest BCUT2D eigenvalue weighted by molar-refractivity contribution is 0.515. The lowest BCUT2D eigenvalue weighted by atomic mass is 10.1. The van der Waals surface area contributed by atoms with Crippen LogP contribution in [0.5, 0.6) is 0 Å². The summed E-state index contributed by atoms with van der Waals surface area (Å²) in [6.07, 6.45) is 16.7. The van der Waals surface area contributed by atoms with E-state index in [1.54, 1.807) is 0 Å². The van der Waals surface area contributed by atoms with Crippen molar-refractivity contribution < 1.29 is 4.42 Å². The fourth-order valence-corrected chi connectivity index (χ4v) is 1.86. The zero-order valence-electron chi connectivity index (χ0n) is 12.3. The predicted octanol–water partition coefficient (Wildman–Crippen LogP) is 3.83. The van der Waals surface area contributed by atoms with Gasteiger partial charge < -0.3 is 10.2 Å². The van der Waals surface area contributed by atoms with Crippen molar-refractivity contribution in [3.63, 3.8) is 0 Å². The number of nitrogens with one attached hydrogen (secondary N) is 1. The smallest absolute Gasteiger partial charge is 0.416 e. The molecule has 0 atom stereocenters. The Bertz CT molecular complexity index is 280. The van der Waals surface area contributed by atoms with Gasteiger partial charge in [0.15, 0.2) is 0 Å². The quantitative estimate of drug-likeness (QED) is 0.635. The average molecular weight is 270 g/mol. The van der Waals surface area contributed by atoms with Gasteiger partial charge in [0.1, 0.15) is 6.26 Å². The van der Waals surface area contributed by atoms with E-state index in [4.69, 9.17) is 5.73 Å². The monoisotopic (exact) mass is 270 g/mol. The van der Waals surface area contributed by atoms with E-state index in [0.717, 1.165) is 6.54 Å². The molecule has 0 radical (unpaired) electrons. The fourth-order valence-electron chi connectivity index (χ4n) is 1.86. The van der Waals surface area contributed by atoms with Crippen LogP contribution in [0.3, 0.4) is 0 Å². The third-order valence-electron chi connectivity index (χ3n) is 3.00. The first kappa shape index (κ1) is 18.0. The van der Waals surface area contributed by atoms with E-state index < -0.39 is 5.76 Å². The molecule has 0 fully saturated rings. The number of oxazole rings is 1.